The fraction of sp³-hybridized carbons (Fsp3) is 0.167. The van der Waals surface area contributed by atoms with Crippen molar-refractivity contribution in [3.05, 3.63) is 54.2 Å². The summed E-state index contributed by atoms with van der Waals surface area (Å²) >= 11 is 0. The van der Waals surface area contributed by atoms with Gasteiger partial charge < -0.3 is 25.4 Å². The van der Waals surface area contributed by atoms with Crippen LogP contribution in [0.15, 0.2) is 48.7 Å². The van der Waals surface area contributed by atoms with E-state index in [1.54, 1.807) is 32.4 Å². The number of carbonyl (C=O) groups is 1. The number of rotatable bonds is 4. The Bertz CT molecular complexity index is 802. The lowest BCUT2D eigenvalue weighted by Gasteiger charge is -2.12. The summed E-state index contributed by atoms with van der Waals surface area (Å²) in [5, 5.41) is 8.79. The summed E-state index contributed by atoms with van der Waals surface area (Å²) in [6, 6.07) is 10.6. The maximum absolute atomic E-state index is 12.2. The van der Waals surface area contributed by atoms with Gasteiger partial charge in [0.2, 0.25) is 0 Å². The lowest BCUT2D eigenvalue weighted by molar-refractivity contribution is 0.262. The van der Waals surface area contributed by atoms with Gasteiger partial charge in [-0.3, -0.25) is 0 Å². The summed E-state index contributed by atoms with van der Waals surface area (Å²) in [6.45, 7) is 3.91. The molecule has 3 rings (SSSR count). The molecule has 2 aromatic carbocycles. The van der Waals surface area contributed by atoms with Crippen LogP contribution in [0.25, 0.3) is 0 Å². The molecule has 0 saturated heterocycles. The normalized spacial score (nSPS) is 12.2. The van der Waals surface area contributed by atoms with E-state index >= 15 is 0 Å². The lowest BCUT2D eigenvalue weighted by Crippen LogP contribution is -2.19. The third-order valence-electron chi connectivity index (χ3n) is 3.72. The van der Waals surface area contributed by atoms with Crippen molar-refractivity contribution in [2.24, 2.45) is 0 Å². The first kappa shape index (κ1) is 15.7. The van der Waals surface area contributed by atoms with E-state index in [1.165, 1.54) is 0 Å². The van der Waals surface area contributed by atoms with Crippen molar-refractivity contribution in [3.63, 3.8) is 0 Å². The molecule has 0 spiro atoms. The third-order valence-corrected chi connectivity index (χ3v) is 3.72. The number of amides is 2. The minimum Gasteiger partial charge on any atom is -0.493 e. The van der Waals surface area contributed by atoms with Crippen molar-refractivity contribution in [2.75, 3.05) is 30.2 Å². The molecule has 0 unspecified atom stereocenters. The molecule has 0 radical (unpaired) electrons. The molecule has 3 N–H and O–H groups in total. The molecule has 0 fully saturated rings. The van der Waals surface area contributed by atoms with E-state index in [0.29, 0.717) is 17.2 Å². The zero-order valence-electron chi connectivity index (χ0n) is 13.6. The number of ether oxygens (including phenoxy) is 2. The molecule has 124 valence electrons. The predicted molar refractivity (Wildman–Crippen MR) is 95.1 cm³/mol. The van der Waals surface area contributed by atoms with Gasteiger partial charge in [-0.1, -0.05) is 6.58 Å². The Hall–Kier alpha value is -3.15. The van der Waals surface area contributed by atoms with Gasteiger partial charge in [-0.25, -0.2) is 4.79 Å². The Balaban J connectivity index is 1.68. The first-order valence-electron chi connectivity index (χ1n) is 7.47. The number of hydrogen-bond acceptors (Lipinski definition) is 4. The number of methoxy groups -OCH3 is 2. The van der Waals surface area contributed by atoms with Gasteiger partial charge in [-0.2, -0.15) is 0 Å². The lowest BCUT2D eigenvalue weighted by atomic mass is 10.1. The Morgan fingerprint density at radius 3 is 2.42 bits per heavy atom. The Morgan fingerprint density at radius 1 is 1.04 bits per heavy atom. The third kappa shape index (κ3) is 3.27. The van der Waals surface area contributed by atoms with Crippen LogP contribution in [0.3, 0.4) is 0 Å². The predicted octanol–water partition coefficient (Wildman–Crippen LogP) is 3.83. The Labute approximate surface area is 140 Å². The zero-order chi connectivity index (χ0) is 17.1. The van der Waals surface area contributed by atoms with Gasteiger partial charge in [0.25, 0.3) is 0 Å². The SMILES string of the molecule is C=C1Cc2cc(NC(=O)Nc3ccc(OC)c(OC)c3)ccc2N1. The topological polar surface area (TPSA) is 71.6 Å². The van der Waals surface area contributed by atoms with E-state index in [9.17, 15) is 4.79 Å². The van der Waals surface area contributed by atoms with Crippen molar-refractivity contribution >= 4 is 23.1 Å². The smallest absolute Gasteiger partial charge is 0.323 e. The second kappa shape index (κ2) is 6.54. The molecule has 1 aliphatic heterocycles. The van der Waals surface area contributed by atoms with Crippen LogP contribution in [-0.4, -0.2) is 20.3 Å². The van der Waals surface area contributed by atoms with Crippen LogP contribution >= 0.6 is 0 Å². The summed E-state index contributed by atoms with van der Waals surface area (Å²) in [4.78, 5) is 12.2. The monoisotopic (exact) mass is 325 g/mol. The van der Waals surface area contributed by atoms with Crippen LogP contribution in [-0.2, 0) is 6.42 Å². The van der Waals surface area contributed by atoms with Crippen molar-refractivity contribution < 1.29 is 14.3 Å². The van der Waals surface area contributed by atoms with Gasteiger partial charge in [0, 0.05) is 35.2 Å². The highest BCUT2D eigenvalue weighted by molar-refractivity contribution is 6.00. The first-order chi connectivity index (χ1) is 11.6. The van der Waals surface area contributed by atoms with E-state index < -0.39 is 0 Å². The number of allylic oxidation sites excluding steroid dienone is 1. The average Bonchev–Trinajstić information content (AvgIpc) is 2.93. The minimum atomic E-state index is -0.327. The van der Waals surface area contributed by atoms with Crippen molar-refractivity contribution in [3.8, 4) is 11.5 Å². The number of urea groups is 1. The van der Waals surface area contributed by atoms with Crippen LogP contribution in [0.2, 0.25) is 0 Å². The molecule has 1 heterocycles. The fourth-order valence-electron chi connectivity index (χ4n) is 2.61. The van der Waals surface area contributed by atoms with Gasteiger partial charge in [0.05, 0.1) is 14.2 Å². The van der Waals surface area contributed by atoms with E-state index in [1.807, 2.05) is 18.2 Å². The van der Waals surface area contributed by atoms with E-state index in [4.69, 9.17) is 9.47 Å². The molecule has 0 saturated carbocycles. The van der Waals surface area contributed by atoms with Crippen LogP contribution in [0.4, 0.5) is 21.9 Å². The molecule has 0 atom stereocenters. The van der Waals surface area contributed by atoms with Crippen molar-refractivity contribution in [1.29, 1.82) is 0 Å². The Morgan fingerprint density at radius 2 is 1.71 bits per heavy atom. The number of fused-ring (bicyclic) bond motifs is 1. The highest BCUT2D eigenvalue weighted by atomic mass is 16.5. The number of carbonyl (C=O) groups excluding carboxylic acids is 1. The molecule has 6 heteroatoms. The van der Waals surface area contributed by atoms with Crippen LogP contribution in [0, 0.1) is 0 Å². The average molecular weight is 325 g/mol. The van der Waals surface area contributed by atoms with Crippen molar-refractivity contribution in [2.45, 2.75) is 6.42 Å². The van der Waals surface area contributed by atoms with Gasteiger partial charge in [-0.05, 0) is 35.9 Å². The molecule has 24 heavy (non-hydrogen) atoms. The largest absolute Gasteiger partial charge is 0.493 e. The molecule has 0 aromatic heterocycles. The van der Waals surface area contributed by atoms with E-state index in [0.717, 1.165) is 29.1 Å². The van der Waals surface area contributed by atoms with Crippen LogP contribution < -0.4 is 25.4 Å². The summed E-state index contributed by atoms with van der Waals surface area (Å²) < 4.78 is 10.4. The van der Waals surface area contributed by atoms with E-state index in [2.05, 4.69) is 22.5 Å². The summed E-state index contributed by atoms with van der Waals surface area (Å²) in [7, 11) is 3.11. The maximum Gasteiger partial charge on any atom is 0.323 e. The van der Waals surface area contributed by atoms with Crippen molar-refractivity contribution in [1.82, 2.24) is 0 Å². The molecule has 2 amide bonds. The van der Waals surface area contributed by atoms with Gasteiger partial charge in [-0.15, -0.1) is 0 Å². The van der Waals surface area contributed by atoms with Crippen LogP contribution in [0.1, 0.15) is 5.56 Å². The maximum atomic E-state index is 12.2. The van der Waals surface area contributed by atoms with Gasteiger partial charge in [0.1, 0.15) is 0 Å². The molecular formula is C18H19N3O3. The minimum absolute atomic E-state index is 0.327. The highest BCUT2D eigenvalue weighted by Gasteiger charge is 2.14. The summed E-state index contributed by atoms with van der Waals surface area (Å²) in [6.07, 6.45) is 0.766. The quantitative estimate of drug-likeness (QED) is 0.799. The number of hydrogen-bond donors (Lipinski definition) is 3. The van der Waals surface area contributed by atoms with Gasteiger partial charge in [0.15, 0.2) is 11.5 Å². The highest BCUT2D eigenvalue weighted by Crippen LogP contribution is 2.31. The summed E-state index contributed by atoms with van der Waals surface area (Å²) in [5.74, 6) is 1.16. The molecule has 0 bridgehead atoms. The first-order valence-corrected chi connectivity index (χ1v) is 7.47. The number of nitrogens with one attached hydrogen (secondary N) is 3. The van der Waals surface area contributed by atoms with Gasteiger partial charge >= 0.3 is 6.03 Å². The molecule has 0 aliphatic carbocycles. The number of benzene rings is 2. The summed E-state index contributed by atoms with van der Waals surface area (Å²) in [5.41, 5.74) is 4.44. The fourth-order valence-corrected chi connectivity index (χ4v) is 2.61. The second-order valence-corrected chi connectivity index (χ2v) is 5.43. The van der Waals surface area contributed by atoms with Crippen LogP contribution in [0.5, 0.6) is 11.5 Å². The zero-order valence-corrected chi connectivity index (χ0v) is 13.6. The molecule has 1 aliphatic rings. The molecule has 6 nitrogen and oxygen atoms in total. The molecular weight excluding hydrogens is 306 g/mol. The Kier molecular flexibility index (Phi) is 4.29. The number of anilines is 3. The molecule has 2 aromatic rings. The second-order valence-electron chi connectivity index (χ2n) is 5.43. The van der Waals surface area contributed by atoms with E-state index in [-0.39, 0.29) is 6.03 Å². The standard InChI is InChI=1S/C18H19N3O3/c1-11-8-12-9-13(4-6-15(12)19-11)20-18(22)21-14-5-7-16(23-2)17(10-14)24-3/h4-7,9-10,19H,1,8H2,2-3H3,(H2,20,21,22).